The normalized spacial score (nSPS) is 16.9. The van der Waals surface area contributed by atoms with Crippen molar-refractivity contribution in [2.24, 2.45) is 0 Å². The summed E-state index contributed by atoms with van der Waals surface area (Å²) in [6.45, 7) is -0.597. The second-order valence-electron chi connectivity index (χ2n) is 1.95. The molecule has 1 atom stereocenters. The molecule has 0 aromatic heterocycles. The van der Waals surface area contributed by atoms with Gasteiger partial charge < -0.3 is 19.8 Å². The molecule has 0 rings (SSSR count). The Balaban J connectivity index is 3.95. The molecule has 0 aliphatic rings. The highest BCUT2D eigenvalue weighted by molar-refractivity contribution is 7.60. The SMILES string of the molecule is O=P(O)(O)OP(=O)(O)OCCCO. The van der Waals surface area contributed by atoms with Crippen molar-refractivity contribution in [2.75, 3.05) is 13.2 Å². The van der Waals surface area contributed by atoms with Crippen molar-refractivity contribution < 1.29 is 37.8 Å². The second kappa shape index (κ2) is 5.19. The molecule has 0 fully saturated rings. The van der Waals surface area contributed by atoms with Crippen LogP contribution in [0, 0.1) is 0 Å². The molecule has 0 radical (unpaired) electrons. The zero-order valence-corrected chi connectivity index (χ0v) is 8.23. The van der Waals surface area contributed by atoms with E-state index in [1.54, 1.807) is 0 Å². The van der Waals surface area contributed by atoms with Gasteiger partial charge in [-0.1, -0.05) is 0 Å². The summed E-state index contributed by atoms with van der Waals surface area (Å²) < 4.78 is 28.3. The van der Waals surface area contributed by atoms with E-state index in [2.05, 4.69) is 8.83 Å². The van der Waals surface area contributed by atoms with Gasteiger partial charge in [0, 0.05) is 6.61 Å². The lowest BCUT2D eigenvalue weighted by Crippen LogP contribution is -1.97. The Bertz CT molecular complexity index is 232. The summed E-state index contributed by atoms with van der Waals surface area (Å²) in [4.78, 5) is 24.9. The third-order valence-electron chi connectivity index (χ3n) is 0.766. The van der Waals surface area contributed by atoms with Gasteiger partial charge in [0.25, 0.3) is 0 Å². The summed E-state index contributed by atoms with van der Waals surface area (Å²) in [5, 5.41) is 8.25. The monoisotopic (exact) mass is 236 g/mol. The predicted octanol–water partition coefficient (Wildman–Crippen LogP) is -0.405. The molecule has 0 saturated heterocycles. The Kier molecular flexibility index (Phi) is 5.28. The molecule has 4 N–H and O–H groups in total. The van der Waals surface area contributed by atoms with Crippen molar-refractivity contribution in [2.45, 2.75) is 6.42 Å². The molecule has 0 heterocycles. The zero-order chi connectivity index (χ0) is 10.5. The van der Waals surface area contributed by atoms with E-state index in [1.165, 1.54) is 0 Å². The Morgan fingerprint density at radius 3 is 2.08 bits per heavy atom. The molecule has 0 amide bonds. The summed E-state index contributed by atoms with van der Waals surface area (Å²) >= 11 is 0. The van der Waals surface area contributed by atoms with Crippen LogP contribution in [0.4, 0.5) is 0 Å². The van der Waals surface area contributed by atoms with Crippen LogP contribution in [0.5, 0.6) is 0 Å². The van der Waals surface area contributed by atoms with E-state index < -0.39 is 15.6 Å². The number of aliphatic hydroxyl groups excluding tert-OH is 1. The third kappa shape index (κ3) is 8.55. The van der Waals surface area contributed by atoms with Crippen LogP contribution in [0.2, 0.25) is 0 Å². The molecule has 10 heteroatoms. The number of rotatable bonds is 6. The predicted molar refractivity (Wildman–Crippen MR) is 40.6 cm³/mol. The van der Waals surface area contributed by atoms with Crippen LogP contribution in [0.25, 0.3) is 0 Å². The lowest BCUT2D eigenvalue weighted by atomic mass is 10.5. The van der Waals surface area contributed by atoms with Gasteiger partial charge in [-0.3, -0.25) is 4.52 Å². The van der Waals surface area contributed by atoms with E-state index >= 15 is 0 Å². The van der Waals surface area contributed by atoms with E-state index in [1.807, 2.05) is 0 Å². The lowest BCUT2D eigenvalue weighted by Gasteiger charge is -2.11. The first kappa shape index (κ1) is 13.2. The van der Waals surface area contributed by atoms with Crippen molar-refractivity contribution in [3.63, 3.8) is 0 Å². The van der Waals surface area contributed by atoms with E-state index in [4.69, 9.17) is 19.8 Å². The van der Waals surface area contributed by atoms with Gasteiger partial charge in [-0.15, -0.1) is 0 Å². The van der Waals surface area contributed by atoms with Crippen LogP contribution in [0.3, 0.4) is 0 Å². The molecule has 0 spiro atoms. The van der Waals surface area contributed by atoms with Crippen LogP contribution in [0.1, 0.15) is 6.42 Å². The first-order chi connectivity index (χ1) is 5.77. The van der Waals surface area contributed by atoms with Crippen LogP contribution < -0.4 is 0 Å². The quantitative estimate of drug-likeness (QED) is 0.361. The highest BCUT2D eigenvalue weighted by Crippen LogP contribution is 2.57. The Hall–Kier alpha value is 0.220. The third-order valence-corrected chi connectivity index (χ3v) is 2.95. The number of hydrogen-bond acceptors (Lipinski definition) is 5. The standard InChI is InChI=1S/C3H10O8P2/c4-2-1-3-10-13(8,9)11-12(5,6)7/h4H,1-3H2,(H,8,9)(H2,5,6,7). The molecule has 1 unspecified atom stereocenters. The number of phosphoric acid groups is 2. The fourth-order valence-corrected chi connectivity index (χ4v) is 2.03. The molecule has 0 saturated carbocycles. The summed E-state index contributed by atoms with van der Waals surface area (Å²) in [5.74, 6) is 0. The van der Waals surface area contributed by atoms with E-state index in [0.717, 1.165) is 0 Å². The second-order valence-corrected chi connectivity index (χ2v) is 4.78. The molecule has 0 aromatic rings. The Morgan fingerprint density at radius 1 is 1.15 bits per heavy atom. The minimum absolute atomic E-state index is 0.0646. The van der Waals surface area contributed by atoms with Crippen LogP contribution in [-0.4, -0.2) is 33.0 Å². The summed E-state index contributed by atoms with van der Waals surface area (Å²) in [7, 11) is -9.75. The fraction of sp³-hybridized carbons (Fsp3) is 1.00. The largest absolute Gasteiger partial charge is 0.481 e. The molecule has 0 aliphatic heterocycles. The van der Waals surface area contributed by atoms with E-state index in [9.17, 15) is 9.13 Å². The Morgan fingerprint density at radius 2 is 1.69 bits per heavy atom. The maximum Gasteiger partial charge on any atom is 0.481 e. The number of phosphoric ester groups is 1. The molecule has 0 aromatic carbocycles. The maximum absolute atomic E-state index is 10.6. The maximum atomic E-state index is 10.6. The lowest BCUT2D eigenvalue weighted by molar-refractivity contribution is 0.164. The molecular weight excluding hydrogens is 226 g/mol. The number of aliphatic hydroxyl groups is 1. The smallest absolute Gasteiger partial charge is 0.396 e. The van der Waals surface area contributed by atoms with Crippen molar-refractivity contribution in [1.29, 1.82) is 0 Å². The van der Waals surface area contributed by atoms with Crippen LogP contribution in [-0.2, 0) is 18.0 Å². The first-order valence-corrected chi connectivity index (χ1v) is 6.14. The topological polar surface area (TPSA) is 134 Å². The van der Waals surface area contributed by atoms with Crippen molar-refractivity contribution in [1.82, 2.24) is 0 Å². The highest BCUT2D eigenvalue weighted by Gasteiger charge is 2.31. The molecule has 0 aliphatic carbocycles. The zero-order valence-electron chi connectivity index (χ0n) is 6.44. The average Bonchev–Trinajstić information content (AvgIpc) is 1.81. The van der Waals surface area contributed by atoms with Crippen molar-refractivity contribution in [3.05, 3.63) is 0 Å². The fourth-order valence-electron chi connectivity index (χ4n) is 0.402. The van der Waals surface area contributed by atoms with Gasteiger partial charge in [0.1, 0.15) is 0 Å². The molecule has 13 heavy (non-hydrogen) atoms. The number of hydrogen-bond donors (Lipinski definition) is 4. The summed E-state index contributed by atoms with van der Waals surface area (Å²) in [5.41, 5.74) is 0. The van der Waals surface area contributed by atoms with Crippen LogP contribution >= 0.6 is 15.6 Å². The highest BCUT2D eigenvalue weighted by atomic mass is 31.3. The average molecular weight is 236 g/mol. The first-order valence-electron chi connectivity index (χ1n) is 3.12. The van der Waals surface area contributed by atoms with Gasteiger partial charge >= 0.3 is 15.6 Å². The molecule has 80 valence electrons. The van der Waals surface area contributed by atoms with Gasteiger partial charge in [0.15, 0.2) is 0 Å². The van der Waals surface area contributed by atoms with Gasteiger partial charge in [0.05, 0.1) is 6.61 Å². The van der Waals surface area contributed by atoms with E-state index in [-0.39, 0.29) is 19.6 Å². The van der Waals surface area contributed by atoms with Gasteiger partial charge in [-0.05, 0) is 6.42 Å². The molecule has 0 bridgehead atoms. The van der Waals surface area contributed by atoms with Crippen molar-refractivity contribution >= 4 is 15.6 Å². The minimum atomic E-state index is -5.04. The van der Waals surface area contributed by atoms with Crippen LogP contribution in [0.15, 0.2) is 0 Å². The summed E-state index contributed by atoms with van der Waals surface area (Å²) in [6.07, 6.45) is 0.0646. The van der Waals surface area contributed by atoms with Crippen molar-refractivity contribution in [3.8, 4) is 0 Å². The van der Waals surface area contributed by atoms with Gasteiger partial charge in [-0.25, -0.2) is 9.13 Å². The van der Waals surface area contributed by atoms with Gasteiger partial charge in [0.2, 0.25) is 0 Å². The van der Waals surface area contributed by atoms with Gasteiger partial charge in [-0.2, -0.15) is 4.31 Å². The molecular formula is C3H10O8P2. The Labute approximate surface area is 74.0 Å². The summed E-state index contributed by atoms with van der Waals surface area (Å²) in [6, 6.07) is 0. The molecule has 8 nitrogen and oxygen atoms in total. The minimum Gasteiger partial charge on any atom is -0.396 e. The van der Waals surface area contributed by atoms with E-state index in [0.29, 0.717) is 0 Å².